The third-order valence-electron chi connectivity index (χ3n) is 4.72. The zero-order valence-electron chi connectivity index (χ0n) is 14.5. The fourth-order valence-electron chi connectivity index (χ4n) is 3.43. The van der Waals surface area contributed by atoms with Crippen molar-refractivity contribution in [2.45, 2.75) is 13.0 Å². The first kappa shape index (κ1) is 16.1. The van der Waals surface area contributed by atoms with Crippen molar-refractivity contribution >= 4 is 34.0 Å². The third-order valence-corrected chi connectivity index (χ3v) is 4.72. The van der Waals surface area contributed by atoms with E-state index < -0.39 is 6.04 Å². The minimum absolute atomic E-state index is 0.153. The first-order valence-corrected chi connectivity index (χ1v) is 8.41. The Morgan fingerprint density at radius 1 is 1.04 bits per heavy atom. The van der Waals surface area contributed by atoms with Gasteiger partial charge < -0.3 is 10.1 Å². The Balaban J connectivity index is 1.67. The summed E-state index contributed by atoms with van der Waals surface area (Å²) in [5, 5.41) is 4.75. The lowest BCUT2D eigenvalue weighted by atomic mass is 10.1. The molecule has 0 saturated carbocycles. The molecule has 0 bridgehead atoms. The van der Waals surface area contributed by atoms with Crippen molar-refractivity contribution in [3.63, 3.8) is 0 Å². The van der Waals surface area contributed by atoms with Crippen LogP contribution in [0.3, 0.4) is 0 Å². The van der Waals surface area contributed by atoms with Crippen LogP contribution in [0.25, 0.3) is 10.8 Å². The van der Waals surface area contributed by atoms with Crippen LogP contribution in [0, 0.1) is 0 Å². The summed E-state index contributed by atoms with van der Waals surface area (Å²) in [4.78, 5) is 27.3. The molecule has 1 aliphatic rings. The summed E-state index contributed by atoms with van der Waals surface area (Å²) >= 11 is 0. The van der Waals surface area contributed by atoms with Crippen LogP contribution in [-0.2, 0) is 4.79 Å². The normalized spacial score (nSPS) is 13.8. The van der Waals surface area contributed by atoms with Crippen LogP contribution in [0.5, 0.6) is 5.75 Å². The molecule has 3 aromatic carbocycles. The molecule has 5 nitrogen and oxygen atoms in total. The van der Waals surface area contributed by atoms with E-state index in [4.69, 9.17) is 4.74 Å². The van der Waals surface area contributed by atoms with Gasteiger partial charge in [0.25, 0.3) is 5.91 Å². The topological polar surface area (TPSA) is 58.6 Å². The Kier molecular flexibility index (Phi) is 3.84. The summed E-state index contributed by atoms with van der Waals surface area (Å²) in [6, 6.07) is 17.9. The molecule has 3 aromatic rings. The number of nitrogens with zero attached hydrogens (tertiary/aromatic N) is 1. The molecule has 1 aliphatic heterocycles. The second-order valence-corrected chi connectivity index (χ2v) is 6.22. The van der Waals surface area contributed by atoms with Gasteiger partial charge in [0.15, 0.2) is 0 Å². The summed E-state index contributed by atoms with van der Waals surface area (Å²) in [6.07, 6.45) is 0. The number of methoxy groups -OCH3 is 1. The molecule has 1 unspecified atom stereocenters. The summed E-state index contributed by atoms with van der Waals surface area (Å²) in [5.74, 6) is 0.151. The molecule has 0 fully saturated rings. The number of ether oxygens (including phenoxy) is 1. The lowest BCUT2D eigenvalue weighted by Crippen LogP contribution is -2.44. The highest BCUT2D eigenvalue weighted by atomic mass is 16.5. The van der Waals surface area contributed by atoms with E-state index in [1.54, 1.807) is 37.1 Å². The maximum atomic E-state index is 12.9. The molecule has 1 atom stereocenters. The number of rotatable bonds is 4. The van der Waals surface area contributed by atoms with E-state index in [1.807, 2.05) is 42.5 Å². The van der Waals surface area contributed by atoms with Crippen LogP contribution < -0.4 is 15.0 Å². The van der Waals surface area contributed by atoms with E-state index in [0.29, 0.717) is 17.0 Å². The van der Waals surface area contributed by atoms with E-state index in [2.05, 4.69) is 5.32 Å². The lowest BCUT2D eigenvalue weighted by Gasteiger charge is -2.25. The molecule has 1 heterocycles. The number of benzene rings is 3. The van der Waals surface area contributed by atoms with E-state index >= 15 is 0 Å². The second-order valence-electron chi connectivity index (χ2n) is 6.22. The van der Waals surface area contributed by atoms with Crippen molar-refractivity contribution in [1.82, 2.24) is 0 Å². The highest BCUT2D eigenvalue weighted by Gasteiger charge is 2.35. The largest absolute Gasteiger partial charge is 0.495 e. The predicted molar refractivity (Wildman–Crippen MR) is 102 cm³/mol. The van der Waals surface area contributed by atoms with Crippen molar-refractivity contribution in [2.24, 2.45) is 0 Å². The highest BCUT2D eigenvalue weighted by Crippen LogP contribution is 2.38. The Bertz CT molecular complexity index is 1020. The maximum absolute atomic E-state index is 12.9. The molecule has 5 heteroatoms. The number of anilines is 2. The fourth-order valence-corrected chi connectivity index (χ4v) is 3.43. The van der Waals surface area contributed by atoms with Gasteiger partial charge in [-0.2, -0.15) is 0 Å². The molecule has 130 valence electrons. The van der Waals surface area contributed by atoms with Crippen LogP contribution in [0.4, 0.5) is 11.4 Å². The number of para-hydroxylation sites is 2. The van der Waals surface area contributed by atoms with Gasteiger partial charge >= 0.3 is 0 Å². The van der Waals surface area contributed by atoms with Gasteiger partial charge in [0, 0.05) is 10.9 Å². The van der Waals surface area contributed by atoms with E-state index in [9.17, 15) is 9.59 Å². The average molecular weight is 346 g/mol. The Hall–Kier alpha value is -3.34. The summed E-state index contributed by atoms with van der Waals surface area (Å²) in [7, 11) is 1.55. The van der Waals surface area contributed by atoms with Crippen molar-refractivity contribution < 1.29 is 14.3 Å². The van der Waals surface area contributed by atoms with Crippen LogP contribution in [0.2, 0.25) is 0 Å². The molecular formula is C21H18N2O3. The number of nitrogens with one attached hydrogen (secondary N) is 1. The summed E-state index contributed by atoms with van der Waals surface area (Å²) in [5.41, 5.74) is 1.98. The molecule has 0 aromatic heterocycles. The SMILES string of the molecule is COc1ccccc1NC(=O)C(C)N1C(=O)c2cccc3cccc1c23. The molecule has 4 rings (SSSR count). The monoisotopic (exact) mass is 346 g/mol. The number of carbonyl (C=O) groups excluding carboxylic acids is 2. The highest BCUT2D eigenvalue weighted by molar-refractivity contribution is 6.27. The van der Waals surface area contributed by atoms with Crippen molar-refractivity contribution in [1.29, 1.82) is 0 Å². The zero-order valence-corrected chi connectivity index (χ0v) is 14.5. The standard InChI is InChI=1S/C21H18N2O3/c1-13(20(24)22-16-10-3-4-12-18(16)26-2)23-17-11-6-8-14-7-5-9-15(19(14)17)21(23)25/h3-13H,1-2H3,(H,22,24). The van der Waals surface area contributed by atoms with Crippen LogP contribution in [0.15, 0.2) is 60.7 Å². The van der Waals surface area contributed by atoms with Crippen molar-refractivity contribution in [3.8, 4) is 5.75 Å². The molecule has 0 aliphatic carbocycles. The first-order chi connectivity index (χ1) is 12.6. The maximum Gasteiger partial charge on any atom is 0.259 e. The molecule has 1 N–H and O–H groups in total. The summed E-state index contributed by atoms with van der Waals surface area (Å²) < 4.78 is 5.27. The predicted octanol–water partition coefficient (Wildman–Crippen LogP) is 3.84. The van der Waals surface area contributed by atoms with Gasteiger partial charge in [-0.3, -0.25) is 14.5 Å². The van der Waals surface area contributed by atoms with Crippen LogP contribution in [-0.4, -0.2) is 25.0 Å². The summed E-state index contributed by atoms with van der Waals surface area (Å²) in [6.45, 7) is 1.73. The minimum atomic E-state index is -0.662. The van der Waals surface area contributed by atoms with Gasteiger partial charge in [-0.05, 0) is 36.6 Å². The van der Waals surface area contributed by atoms with E-state index in [1.165, 1.54) is 0 Å². The number of carbonyl (C=O) groups is 2. The first-order valence-electron chi connectivity index (χ1n) is 8.41. The van der Waals surface area contributed by atoms with Gasteiger partial charge in [-0.1, -0.05) is 36.4 Å². The van der Waals surface area contributed by atoms with Gasteiger partial charge in [0.1, 0.15) is 11.8 Å². The Morgan fingerprint density at radius 3 is 2.54 bits per heavy atom. The fraction of sp³-hybridized carbons (Fsp3) is 0.143. The number of hydrogen-bond acceptors (Lipinski definition) is 3. The molecule has 0 saturated heterocycles. The molecule has 0 radical (unpaired) electrons. The van der Waals surface area contributed by atoms with Gasteiger partial charge in [-0.25, -0.2) is 0 Å². The quantitative estimate of drug-likeness (QED) is 0.781. The molecule has 26 heavy (non-hydrogen) atoms. The van der Waals surface area contributed by atoms with Gasteiger partial charge in [0.05, 0.1) is 18.5 Å². The van der Waals surface area contributed by atoms with Crippen LogP contribution in [0.1, 0.15) is 17.3 Å². The van der Waals surface area contributed by atoms with E-state index in [-0.39, 0.29) is 11.8 Å². The van der Waals surface area contributed by atoms with E-state index in [0.717, 1.165) is 16.5 Å². The number of amides is 2. The Morgan fingerprint density at radius 2 is 1.77 bits per heavy atom. The second kappa shape index (κ2) is 6.19. The minimum Gasteiger partial charge on any atom is -0.495 e. The smallest absolute Gasteiger partial charge is 0.259 e. The zero-order chi connectivity index (χ0) is 18.3. The molecule has 0 spiro atoms. The van der Waals surface area contributed by atoms with Crippen molar-refractivity contribution in [3.05, 3.63) is 66.2 Å². The van der Waals surface area contributed by atoms with Gasteiger partial charge in [-0.15, -0.1) is 0 Å². The lowest BCUT2D eigenvalue weighted by molar-refractivity contribution is -0.117. The third kappa shape index (κ3) is 2.40. The van der Waals surface area contributed by atoms with Crippen LogP contribution >= 0.6 is 0 Å². The average Bonchev–Trinajstić information content (AvgIpc) is 2.96. The van der Waals surface area contributed by atoms with Crippen molar-refractivity contribution in [2.75, 3.05) is 17.3 Å². The molecular weight excluding hydrogens is 328 g/mol. The molecule has 2 amide bonds. The van der Waals surface area contributed by atoms with Gasteiger partial charge in [0.2, 0.25) is 5.91 Å². The Labute approximate surface area is 151 Å². The number of hydrogen-bond donors (Lipinski definition) is 1.